The molecule has 3 rings (SSSR count). The fourth-order valence-corrected chi connectivity index (χ4v) is 2.64. The highest BCUT2D eigenvalue weighted by atomic mass is 35.5. The molecule has 0 aliphatic rings. The Bertz CT molecular complexity index is 854. The number of nitrogens with one attached hydrogen (secondary N) is 2. The van der Waals surface area contributed by atoms with Gasteiger partial charge in [0.1, 0.15) is 11.6 Å². The van der Waals surface area contributed by atoms with Crippen molar-refractivity contribution in [3.63, 3.8) is 0 Å². The summed E-state index contributed by atoms with van der Waals surface area (Å²) in [6, 6.07) is 13.4. The van der Waals surface area contributed by atoms with Crippen molar-refractivity contribution in [2.75, 3.05) is 24.3 Å². The van der Waals surface area contributed by atoms with Gasteiger partial charge >= 0.3 is 0 Å². The largest absolute Gasteiger partial charge is 0.495 e. The van der Waals surface area contributed by atoms with Gasteiger partial charge in [0.25, 0.3) is 0 Å². The summed E-state index contributed by atoms with van der Waals surface area (Å²) >= 11 is 6.17. The van der Waals surface area contributed by atoms with Crippen molar-refractivity contribution in [2.24, 2.45) is 0 Å². The maximum Gasteiger partial charge on any atom is 0.229 e. The van der Waals surface area contributed by atoms with E-state index >= 15 is 0 Å². The van der Waals surface area contributed by atoms with Gasteiger partial charge < -0.3 is 15.4 Å². The Morgan fingerprint density at radius 1 is 1.12 bits per heavy atom. The van der Waals surface area contributed by atoms with Gasteiger partial charge in [-0.3, -0.25) is 0 Å². The molecule has 2 N–H and O–H groups in total. The summed E-state index contributed by atoms with van der Waals surface area (Å²) in [5.41, 5.74) is 1.69. The summed E-state index contributed by atoms with van der Waals surface area (Å²) in [4.78, 5) is 9.17. The van der Waals surface area contributed by atoms with Gasteiger partial charge in [-0.05, 0) is 36.8 Å². The maximum absolute atomic E-state index is 6.17. The average molecular weight is 343 g/mol. The van der Waals surface area contributed by atoms with E-state index in [1.807, 2.05) is 36.4 Å². The van der Waals surface area contributed by atoms with Crippen LogP contribution in [0.2, 0.25) is 5.02 Å². The van der Waals surface area contributed by atoms with Gasteiger partial charge in [0.15, 0.2) is 0 Å². The second-order valence-corrected chi connectivity index (χ2v) is 5.72. The van der Waals surface area contributed by atoms with Crippen molar-refractivity contribution in [2.45, 2.75) is 13.3 Å². The molecule has 0 bridgehead atoms. The van der Waals surface area contributed by atoms with E-state index in [9.17, 15) is 0 Å². The highest BCUT2D eigenvalue weighted by Crippen LogP contribution is 2.29. The first-order valence-electron chi connectivity index (χ1n) is 7.82. The molecule has 0 aliphatic heterocycles. The fraction of sp³-hybridized carbons (Fsp3) is 0.222. The molecule has 0 aliphatic carbocycles. The Hall–Kier alpha value is -2.53. The molecule has 0 amide bonds. The lowest BCUT2D eigenvalue weighted by atomic mass is 10.2. The van der Waals surface area contributed by atoms with Crippen molar-refractivity contribution in [1.29, 1.82) is 0 Å². The number of anilines is 3. The monoisotopic (exact) mass is 342 g/mol. The van der Waals surface area contributed by atoms with Crippen LogP contribution in [-0.2, 0) is 0 Å². The van der Waals surface area contributed by atoms with Crippen molar-refractivity contribution in [1.82, 2.24) is 9.97 Å². The molecule has 0 atom stereocenters. The Balaban J connectivity index is 1.95. The van der Waals surface area contributed by atoms with Crippen molar-refractivity contribution >= 4 is 40.0 Å². The van der Waals surface area contributed by atoms with Crippen LogP contribution >= 0.6 is 11.6 Å². The van der Waals surface area contributed by atoms with Gasteiger partial charge in [0.2, 0.25) is 5.95 Å². The number of hydrogen-bond donors (Lipinski definition) is 2. The molecule has 2 aromatic carbocycles. The lowest BCUT2D eigenvalue weighted by Crippen LogP contribution is -2.06. The van der Waals surface area contributed by atoms with Crippen molar-refractivity contribution in [3.05, 3.63) is 47.5 Å². The van der Waals surface area contributed by atoms with Gasteiger partial charge in [0, 0.05) is 17.6 Å². The second kappa shape index (κ2) is 7.36. The normalized spacial score (nSPS) is 10.6. The van der Waals surface area contributed by atoms with Crippen LogP contribution in [0.3, 0.4) is 0 Å². The number of methoxy groups -OCH3 is 1. The Morgan fingerprint density at radius 2 is 1.96 bits per heavy atom. The first-order valence-corrected chi connectivity index (χ1v) is 8.20. The van der Waals surface area contributed by atoms with Crippen LogP contribution in [0.5, 0.6) is 5.75 Å². The number of nitrogens with zero attached hydrogens (tertiary/aromatic N) is 2. The highest BCUT2D eigenvalue weighted by molar-refractivity contribution is 6.32. The molecule has 0 fully saturated rings. The molecule has 0 spiro atoms. The summed E-state index contributed by atoms with van der Waals surface area (Å²) in [6.45, 7) is 2.98. The molecular formula is C18H19ClN4O. The fourth-order valence-electron chi connectivity index (χ4n) is 2.38. The van der Waals surface area contributed by atoms with Crippen LogP contribution < -0.4 is 15.4 Å². The van der Waals surface area contributed by atoms with Gasteiger partial charge in [0.05, 0.1) is 17.6 Å². The molecular weight excluding hydrogens is 324 g/mol. The molecule has 0 saturated carbocycles. The van der Waals surface area contributed by atoms with Gasteiger partial charge in [-0.25, -0.2) is 4.98 Å². The number of halogens is 1. The number of hydrogen-bond acceptors (Lipinski definition) is 5. The molecule has 1 aromatic heterocycles. The van der Waals surface area contributed by atoms with E-state index in [2.05, 4.69) is 27.5 Å². The summed E-state index contributed by atoms with van der Waals surface area (Å²) in [5.74, 6) is 1.98. The average Bonchev–Trinajstić information content (AvgIpc) is 2.60. The third-order valence-corrected chi connectivity index (χ3v) is 3.85. The zero-order chi connectivity index (χ0) is 16.9. The van der Waals surface area contributed by atoms with Crippen molar-refractivity contribution < 1.29 is 4.74 Å². The minimum Gasteiger partial charge on any atom is -0.495 e. The van der Waals surface area contributed by atoms with Crippen LogP contribution in [0.15, 0.2) is 42.5 Å². The highest BCUT2D eigenvalue weighted by Gasteiger charge is 2.08. The Kier molecular flexibility index (Phi) is 5.01. The minimum atomic E-state index is 0.522. The Morgan fingerprint density at radius 3 is 2.71 bits per heavy atom. The Labute approximate surface area is 146 Å². The van der Waals surface area contributed by atoms with Crippen LogP contribution in [0.1, 0.15) is 13.3 Å². The first-order chi connectivity index (χ1) is 11.7. The first kappa shape index (κ1) is 16.3. The SMILES string of the molecule is CCCNc1nc(Nc2ccc(OC)c(Cl)c2)nc2ccccc12. The zero-order valence-corrected chi connectivity index (χ0v) is 14.4. The van der Waals surface area contributed by atoms with Gasteiger partial charge in [-0.15, -0.1) is 0 Å². The third kappa shape index (κ3) is 3.51. The molecule has 0 radical (unpaired) electrons. The van der Waals surface area contributed by atoms with E-state index < -0.39 is 0 Å². The molecule has 5 nitrogen and oxygen atoms in total. The van der Waals surface area contributed by atoms with E-state index in [4.69, 9.17) is 16.3 Å². The van der Waals surface area contributed by atoms with Gasteiger partial charge in [-0.1, -0.05) is 30.7 Å². The predicted octanol–water partition coefficient (Wildman–Crippen LogP) is 4.86. The number of benzene rings is 2. The molecule has 6 heteroatoms. The van der Waals surface area contributed by atoms with E-state index in [0.29, 0.717) is 16.7 Å². The smallest absolute Gasteiger partial charge is 0.229 e. The topological polar surface area (TPSA) is 59.1 Å². The third-order valence-electron chi connectivity index (χ3n) is 3.55. The van der Waals surface area contributed by atoms with E-state index in [1.165, 1.54) is 0 Å². The van der Waals surface area contributed by atoms with E-state index in [-0.39, 0.29) is 0 Å². The summed E-state index contributed by atoms with van der Waals surface area (Å²) in [7, 11) is 1.59. The van der Waals surface area contributed by atoms with E-state index in [1.54, 1.807) is 13.2 Å². The van der Waals surface area contributed by atoms with Crippen LogP contribution in [0, 0.1) is 0 Å². The lowest BCUT2D eigenvalue weighted by molar-refractivity contribution is 0.415. The number of aromatic nitrogens is 2. The zero-order valence-electron chi connectivity index (χ0n) is 13.6. The quantitative estimate of drug-likeness (QED) is 0.670. The maximum atomic E-state index is 6.17. The second-order valence-electron chi connectivity index (χ2n) is 5.31. The van der Waals surface area contributed by atoms with E-state index in [0.717, 1.165) is 35.4 Å². The van der Waals surface area contributed by atoms with Crippen LogP contribution in [-0.4, -0.2) is 23.6 Å². The molecule has 1 heterocycles. The number of fused-ring (bicyclic) bond motifs is 1. The number of ether oxygens (including phenoxy) is 1. The number of para-hydroxylation sites is 1. The minimum absolute atomic E-state index is 0.522. The molecule has 24 heavy (non-hydrogen) atoms. The van der Waals surface area contributed by atoms with Crippen LogP contribution in [0.4, 0.5) is 17.5 Å². The lowest BCUT2D eigenvalue weighted by Gasteiger charge is -2.12. The van der Waals surface area contributed by atoms with Crippen molar-refractivity contribution in [3.8, 4) is 5.75 Å². The predicted molar refractivity (Wildman–Crippen MR) is 99.6 cm³/mol. The summed E-state index contributed by atoms with van der Waals surface area (Å²) in [6.07, 6.45) is 1.02. The van der Waals surface area contributed by atoms with Gasteiger partial charge in [-0.2, -0.15) is 4.98 Å². The number of rotatable bonds is 6. The standard InChI is InChI=1S/C18H19ClN4O/c1-3-10-20-17-13-6-4-5-7-15(13)22-18(23-17)21-12-8-9-16(24-2)14(19)11-12/h4-9,11H,3,10H2,1-2H3,(H2,20,21,22,23). The summed E-state index contributed by atoms with van der Waals surface area (Å²) < 4.78 is 5.17. The molecule has 124 valence electrons. The van der Waals surface area contributed by atoms with Crippen LogP contribution in [0.25, 0.3) is 10.9 Å². The molecule has 0 unspecified atom stereocenters. The molecule has 3 aromatic rings. The summed E-state index contributed by atoms with van der Waals surface area (Å²) in [5, 5.41) is 8.10. The molecule has 0 saturated heterocycles.